The number of nitrogens with one attached hydrogen (secondary N) is 1. The van der Waals surface area contributed by atoms with Gasteiger partial charge in [-0.25, -0.2) is 0 Å². The van der Waals surface area contributed by atoms with Crippen LogP contribution >= 0.6 is 0 Å². The molecule has 0 spiro atoms. The predicted molar refractivity (Wildman–Crippen MR) is 78.2 cm³/mol. The highest BCUT2D eigenvalue weighted by molar-refractivity contribution is 5.49. The SMILES string of the molecule is CNC1CC(Oc2cc([N+](=O)[O-])c(C)cc2C)C1(C)C. The second-order valence-electron chi connectivity index (χ2n) is 6.17. The van der Waals surface area contributed by atoms with Crippen molar-refractivity contribution in [2.45, 2.75) is 46.3 Å². The van der Waals surface area contributed by atoms with Crippen molar-refractivity contribution in [3.8, 4) is 5.75 Å². The average molecular weight is 278 g/mol. The number of rotatable bonds is 4. The highest BCUT2D eigenvalue weighted by Gasteiger charge is 2.49. The first kappa shape index (κ1) is 14.8. The quantitative estimate of drug-likeness (QED) is 0.679. The van der Waals surface area contributed by atoms with Gasteiger partial charge in [0.1, 0.15) is 11.9 Å². The monoisotopic (exact) mass is 278 g/mol. The lowest BCUT2D eigenvalue weighted by atomic mass is 9.64. The van der Waals surface area contributed by atoms with E-state index in [9.17, 15) is 10.1 Å². The van der Waals surface area contributed by atoms with E-state index in [1.165, 1.54) is 0 Å². The maximum atomic E-state index is 11.0. The molecule has 110 valence electrons. The van der Waals surface area contributed by atoms with Crippen molar-refractivity contribution in [2.75, 3.05) is 7.05 Å². The zero-order valence-electron chi connectivity index (χ0n) is 12.7. The molecule has 0 heterocycles. The smallest absolute Gasteiger partial charge is 0.276 e. The second-order valence-corrected chi connectivity index (χ2v) is 6.17. The molecule has 0 amide bonds. The lowest BCUT2D eigenvalue weighted by Gasteiger charge is -2.51. The largest absolute Gasteiger partial charge is 0.489 e. The third-order valence-corrected chi connectivity index (χ3v) is 4.49. The Hall–Kier alpha value is -1.62. The van der Waals surface area contributed by atoms with Crippen LogP contribution in [-0.2, 0) is 0 Å². The lowest BCUT2D eigenvalue weighted by Crippen LogP contribution is -2.61. The molecule has 2 rings (SSSR count). The fraction of sp³-hybridized carbons (Fsp3) is 0.600. The third-order valence-electron chi connectivity index (χ3n) is 4.49. The molecule has 1 saturated carbocycles. The first-order valence-corrected chi connectivity index (χ1v) is 6.87. The summed E-state index contributed by atoms with van der Waals surface area (Å²) in [4.78, 5) is 10.7. The van der Waals surface area contributed by atoms with E-state index in [-0.39, 0.29) is 22.1 Å². The molecule has 0 bridgehead atoms. The van der Waals surface area contributed by atoms with Crippen LogP contribution in [-0.4, -0.2) is 24.1 Å². The van der Waals surface area contributed by atoms with Gasteiger partial charge in [0.25, 0.3) is 5.69 Å². The molecule has 1 N–H and O–H groups in total. The normalized spacial score (nSPS) is 24.1. The summed E-state index contributed by atoms with van der Waals surface area (Å²) in [5.74, 6) is 0.620. The molecule has 2 unspecified atom stereocenters. The molecule has 1 aliphatic carbocycles. The summed E-state index contributed by atoms with van der Waals surface area (Å²) in [5.41, 5.74) is 1.76. The van der Waals surface area contributed by atoms with Gasteiger partial charge in [0.2, 0.25) is 0 Å². The Morgan fingerprint density at radius 3 is 2.50 bits per heavy atom. The number of hydrogen-bond acceptors (Lipinski definition) is 4. The first-order chi connectivity index (χ1) is 9.27. The van der Waals surface area contributed by atoms with Gasteiger partial charge in [0.15, 0.2) is 0 Å². The maximum Gasteiger partial charge on any atom is 0.276 e. The number of aryl methyl sites for hydroxylation is 2. The van der Waals surface area contributed by atoms with Crippen LogP contribution in [0.5, 0.6) is 5.75 Å². The molecule has 2 atom stereocenters. The Labute approximate surface area is 119 Å². The van der Waals surface area contributed by atoms with Crippen molar-refractivity contribution >= 4 is 5.69 Å². The van der Waals surface area contributed by atoms with Gasteiger partial charge in [-0.3, -0.25) is 10.1 Å². The van der Waals surface area contributed by atoms with Gasteiger partial charge in [-0.1, -0.05) is 13.8 Å². The zero-order valence-corrected chi connectivity index (χ0v) is 12.7. The van der Waals surface area contributed by atoms with Crippen molar-refractivity contribution in [3.05, 3.63) is 33.4 Å². The Balaban J connectivity index is 2.23. The van der Waals surface area contributed by atoms with Gasteiger partial charge < -0.3 is 10.1 Å². The summed E-state index contributed by atoms with van der Waals surface area (Å²) in [5, 5.41) is 14.3. The van der Waals surface area contributed by atoms with Crippen LogP contribution in [0.1, 0.15) is 31.4 Å². The van der Waals surface area contributed by atoms with E-state index >= 15 is 0 Å². The van der Waals surface area contributed by atoms with Crippen LogP contribution in [0.15, 0.2) is 12.1 Å². The number of hydrogen-bond donors (Lipinski definition) is 1. The van der Waals surface area contributed by atoms with E-state index in [2.05, 4.69) is 19.2 Å². The Kier molecular flexibility index (Phi) is 3.73. The average Bonchev–Trinajstić information content (AvgIpc) is 2.35. The molecular formula is C15H22N2O3. The van der Waals surface area contributed by atoms with Crippen LogP contribution in [0.25, 0.3) is 0 Å². The minimum atomic E-state index is -0.357. The summed E-state index contributed by atoms with van der Waals surface area (Å²) < 4.78 is 6.03. The van der Waals surface area contributed by atoms with Gasteiger partial charge in [-0.2, -0.15) is 0 Å². The standard InChI is InChI=1S/C15H22N2O3/c1-9-6-10(2)12(7-11(9)17(18)19)20-14-8-13(16-5)15(14,3)4/h6-7,13-14,16H,8H2,1-5H3. The molecule has 1 aromatic carbocycles. The molecule has 1 aromatic rings. The fourth-order valence-corrected chi connectivity index (χ4v) is 2.87. The molecule has 5 nitrogen and oxygen atoms in total. The number of benzene rings is 1. The molecular weight excluding hydrogens is 256 g/mol. The van der Waals surface area contributed by atoms with E-state index in [4.69, 9.17) is 4.74 Å². The van der Waals surface area contributed by atoms with Crippen molar-refractivity contribution in [2.24, 2.45) is 5.41 Å². The zero-order chi connectivity index (χ0) is 15.1. The van der Waals surface area contributed by atoms with Crippen molar-refractivity contribution in [1.29, 1.82) is 0 Å². The van der Waals surface area contributed by atoms with Gasteiger partial charge in [-0.05, 0) is 32.5 Å². The molecule has 1 aliphatic rings. The summed E-state index contributed by atoms with van der Waals surface area (Å²) in [7, 11) is 1.95. The van der Waals surface area contributed by atoms with E-state index < -0.39 is 0 Å². The van der Waals surface area contributed by atoms with Crippen LogP contribution in [0.3, 0.4) is 0 Å². The van der Waals surface area contributed by atoms with Crippen LogP contribution < -0.4 is 10.1 Å². The topological polar surface area (TPSA) is 64.4 Å². The summed E-state index contributed by atoms with van der Waals surface area (Å²) in [6.45, 7) is 7.98. The Morgan fingerprint density at radius 2 is 2.00 bits per heavy atom. The van der Waals surface area contributed by atoms with Gasteiger partial charge >= 0.3 is 0 Å². The number of nitro groups is 1. The van der Waals surface area contributed by atoms with E-state index in [1.54, 1.807) is 13.0 Å². The molecule has 20 heavy (non-hydrogen) atoms. The Morgan fingerprint density at radius 1 is 1.35 bits per heavy atom. The highest BCUT2D eigenvalue weighted by atomic mass is 16.6. The van der Waals surface area contributed by atoms with Gasteiger partial charge in [0, 0.05) is 23.4 Å². The summed E-state index contributed by atoms with van der Waals surface area (Å²) >= 11 is 0. The van der Waals surface area contributed by atoms with Crippen molar-refractivity contribution in [3.63, 3.8) is 0 Å². The molecule has 5 heteroatoms. The van der Waals surface area contributed by atoms with Crippen LogP contribution in [0.2, 0.25) is 0 Å². The van der Waals surface area contributed by atoms with E-state index in [0.29, 0.717) is 17.4 Å². The summed E-state index contributed by atoms with van der Waals surface area (Å²) in [6, 6.07) is 3.79. The van der Waals surface area contributed by atoms with Crippen molar-refractivity contribution < 1.29 is 9.66 Å². The van der Waals surface area contributed by atoms with Gasteiger partial charge in [0.05, 0.1) is 11.0 Å². The molecule has 0 aromatic heterocycles. The molecule has 0 aliphatic heterocycles. The fourth-order valence-electron chi connectivity index (χ4n) is 2.87. The third kappa shape index (κ3) is 2.38. The number of nitrogens with zero attached hydrogens (tertiary/aromatic N) is 1. The number of nitro benzene ring substituents is 1. The molecule has 0 radical (unpaired) electrons. The number of ether oxygens (including phenoxy) is 1. The van der Waals surface area contributed by atoms with E-state index in [0.717, 1.165) is 12.0 Å². The summed E-state index contributed by atoms with van der Waals surface area (Å²) in [6.07, 6.45) is 1.01. The molecule has 1 fully saturated rings. The molecule has 0 saturated heterocycles. The van der Waals surface area contributed by atoms with E-state index in [1.807, 2.05) is 20.0 Å². The second kappa shape index (κ2) is 5.05. The minimum Gasteiger partial charge on any atom is -0.489 e. The highest BCUT2D eigenvalue weighted by Crippen LogP contribution is 2.43. The van der Waals surface area contributed by atoms with Crippen LogP contribution in [0, 0.1) is 29.4 Å². The van der Waals surface area contributed by atoms with Gasteiger partial charge in [-0.15, -0.1) is 0 Å². The maximum absolute atomic E-state index is 11.0. The minimum absolute atomic E-state index is 0.0286. The first-order valence-electron chi connectivity index (χ1n) is 6.87. The lowest BCUT2D eigenvalue weighted by molar-refractivity contribution is -0.385. The van der Waals surface area contributed by atoms with Crippen molar-refractivity contribution in [1.82, 2.24) is 5.32 Å². The van der Waals surface area contributed by atoms with Crippen LogP contribution in [0.4, 0.5) is 5.69 Å². The Bertz CT molecular complexity index is 540. The predicted octanol–water partition coefficient (Wildman–Crippen LogP) is 2.98.